The first-order valence-electron chi connectivity index (χ1n) is 6.27. The Morgan fingerprint density at radius 3 is 2.56 bits per heavy atom. The van der Waals surface area contributed by atoms with Crippen molar-refractivity contribution in [1.29, 1.82) is 0 Å². The summed E-state index contributed by atoms with van der Waals surface area (Å²) >= 11 is 0. The molecule has 0 aromatic carbocycles. The Hall–Kier alpha value is -1.56. The summed E-state index contributed by atoms with van der Waals surface area (Å²) in [7, 11) is 0. The molecule has 1 saturated heterocycles. The highest BCUT2D eigenvalue weighted by Crippen LogP contribution is 2.15. The van der Waals surface area contributed by atoms with Crippen LogP contribution < -0.4 is 11.2 Å². The van der Waals surface area contributed by atoms with Gasteiger partial charge in [0.1, 0.15) is 0 Å². The summed E-state index contributed by atoms with van der Waals surface area (Å²) in [6.45, 7) is 5.97. The highest BCUT2D eigenvalue weighted by molar-refractivity contribution is 5.20. The molecule has 0 bridgehead atoms. The van der Waals surface area contributed by atoms with Crippen molar-refractivity contribution in [1.82, 2.24) is 14.5 Å². The third kappa shape index (κ3) is 2.33. The van der Waals surface area contributed by atoms with Crippen LogP contribution in [-0.2, 0) is 6.54 Å². The first kappa shape index (κ1) is 12.9. The average molecular weight is 253 g/mol. The molecule has 1 aromatic heterocycles. The van der Waals surface area contributed by atoms with Crippen LogP contribution in [0.1, 0.15) is 25.3 Å². The molecule has 1 unspecified atom stereocenters. The van der Waals surface area contributed by atoms with E-state index in [1.54, 1.807) is 0 Å². The fourth-order valence-corrected chi connectivity index (χ4v) is 2.39. The van der Waals surface area contributed by atoms with Gasteiger partial charge in [0.15, 0.2) is 0 Å². The number of likely N-dealkylation sites (tertiary alicyclic amines) is 1. The summed E-state index contributed by atoms with van der Waals surface area (Å²) in [5.41, 5.74) is -0.889. The van der Waals surface area contributed by atoms with E-state index in [2.05, 4.69) is 9.88 Å². The smallest absolute Gasteiger partial charge is 0.331 e. The van der Waals surface area contributed by atoms with Crippen LogP contribution in [-0.4, -0.2) is 38.7 Å². The number of hydrogen-bond acceptors (Lipinski definition) is 4. The summed E-state index contributed by atoms with van der Waals surface area (Å²) in [6, 6.07) is 0.168. The zero-order valence-electron chi connectivity index (χ0n) is 10.8. The molecule has 2 rings (SSSR count). The van der Waals surface area contributed by atoms with E-state index in [-0.39, 0.29) is 17.5 Å². The lowest BCUT2D eigenvalue weighted by atomic mass is 10.3. The molecule has 6 nitrogen and oxygen atoms in total. The van der Waals surface area contributed by atoms with Gasteiger partial charge in [-0.25, -0.2) is 4.79 Å². The standard InChI is InChI=1S/C12H19N3O3/c1-8(14-5-3-4-6-14)7-15-11(17)9(2)10(16)13-12(15)18/h8,17H,3-7H2,1-2H3,(H,13,16,18). The zero-order chi connectivity index (χ0) is 13.3. The van der Waals surface area contributed by atoms with Gasteiger partial charge in [-0.15, -0.1) is 0 Å². The van der Waals surface area contributed by atoms with Crippen molar-refractivity contribution in [3.05, 3.63) is 26.4 Å². The van der Waals surface area contributed by atoms with Crippen LogP contribution in [0.25, 0.3) is 0 Å². The first-order chi connectivity index (χ1) is 8.50. The molecule has 1 fully saturated rings. The van der Waals surface area contributed by atoms with Crippen LogP contribution in [0.3, 0.4) is 0 Å². The molecular weight excluding hydrogens is 234 g/mol. The van der Waals surface area contributed by atoms with Crippen molar-refractivity contribution in [3.8, 4) is 5.88 Å². The molecule has 0 saturated carbocycles. The van der Waals surface area contributed by atoms with Crippen LogP contribution in [0.5, 0.6) is 5.88 Å². The van der Waals surface area contributed by atoms with Gasteiger partial charge < -0.3 is 5.11 Å². The Bertz CT molecular complexity index is 540. The van der Waals surface area contributed by atoms with E-state index >= 15 is 0 Å². The Balaban J connectivity index is 2.26. The third-order valence-electron chi connectivity index (χ3n) is 3.61. The quantitative estimate of drug-likeness (QED) is 0.797. The lowest BCUT2D eigenvalue weighted by Crippen LogP contribution is -2.39. The molecular formula is C12H19N3O3. The Kier molecular flexibility index (Phi) is 3.56. The maximum atomic E-state index is 11.7. The van der Waals surface area contributed by atoms with Crippen LogP contribution in [0.4, 0.5) is 0 Å². The lowest BCUT2D eigenvalue weighted by Gasteiger charge is -2.24. The summed E-state index contributed by atoms with van der Waals surface area (Å²) in [6.07, 6.45) is 2.35. The second-order valence-electron chi connectivity index (χ2n) is 4.91. The fourth-order valence-electron chi connectivity index (χ4n) is 2.39. The summed E-state index contributed by atoms with van der Waals surface area (Å²) in [5, 5.41) is 9.88. The molecule has 1 aromatic rings. The zero-order valence-corrected chi connectivity index (χ0v) is 10.8. The largest absolute Gasteiger partial charge is 0.494 e. The number of rotatable bonds is 3. The molecule has 0 radical (unpaired) electrons. The molecule has 1 aliphatic rings. The summed E-state index contributed by atoms with van der Waals surface area (Å²) in [4.78, 5) is 27.5. The molecule has 0 aliphatic carbocycles. The van der Waals surface area contributed by atoms with Gasteiger partial charge in [0.05, 0.1) is 5.56 Å². The van der Waals surface area contributed by atoms with Gasteiger partial charge in [-0.1, -0.05) is 0 Å². The average Bonchev–Trinajstić information content (AvgIpc) is 2.85. The maximum Gasteiger partial charge on any atom is 0.331 e. The molecule has 0 spiro atoms. The van der Waals surface area contributed by atoms with Gasteiger partial charge in [0.25, 0.3) is 5.56 Å². The number of nitrogens with one attached hydrogen (secondary N) is 1. The van der Waals surface area contributed by atoms with Crippen LogP contribution >= 0.6 is 0 Å². The summed E-state index contributed by atoms with van der Waals surface area (Å²) in [5.74, 6) is -0.227. The molecule has 6 heteroatoms. The Morgan fingerprint density at radius 2 is 1.94 bits per heavy atom. The van der Waals surface area contributed by atoms with Crippen molar-refractivity contribution in [2.45, 2.75) is 39.3 Å². The van der Waals surface area contributed by atoms with Crippen LogP contribution in [0.2, 0.25) is 0 Å². The van der Waals surface area contributed by atoms with E-state index < -0.39 is 11.2 Å². The SMILES string of the molecule is Cc1c(O)n(CC(C)N2CCCC2)c(=O)[nH]c1=O. The van der Waals surface area contributed by atoms with E-state index in [9.17, 15) is 14.7 Å². The number of aromatic nitrogens is 2. The van der Waals surface area contributed by atoms with E-state index in [1.165, 1.54) is 24.3 Å². The van der Waals surface area contributed by atoms with Crippen molar-refractivity contribution in [3.63, 3.8) is 0 Å². The number of H-pyrrole nitrogens is 1. The van der Waals surface area contributed by atoms with Crippen molar-refractivity contribution in [2.24, 2.45) is 0 Å². The minimum Gasteiger partial charge on any atom is -0.494 e. The molecule has 2 heterocycles. The van der Waals surface area contributed by atoms with E-state index in [4.69, 9.17) is 0 Å². The predicted molar refractivity (Wildman–Crippen MR) is 68.0 cm³/mol. The molecule has 1 atom stereocenters. The third-order valence-corrected chi connectivity index (χ3v) is 3.61. The van der Waals surface area contributed by atoms with Crippen LogP contribution in [0.15, 0.2) is 9.59 Å². The Morgan fingerprint density at radius 1 is 1.33 bits per heavy atom. The van der Waals surface area contributed by atoms with E-state index in [0.717, 1.165) is 13.1 Å². The van der Waals surface area contributed by atoms with Crippen molar-refractivity contribution in [2.75, 3.05) is 13.1 Å². The predicted octanol–water partition coefficient (Wildman–Crippen LogP) is 0.0349. The first-order valence-corrected chi connectivity index (χ1v) is 6.27. The van der Waals surface area contributed by atoms with Gasteiger partial charge in [0.2, 0.25) is 5.88 Å². The molecule has 2 N–H and O–H groups in total. The minimum atomic E-state index is -0.547. The molecule has 1 aliphatic heterocycles. The maximum absolute atomic E-state index is 11.7. The topological polar surface area (TPSA) is 78.3 Å². The van der Waals surface area contributed by atoms with Gasteiger partial charge in [-0.2, -0.15) is 0 Å². The Labute approximate surface area is 105 Å². The van der Waals surface area contributed by atoms with Gasteiger partial charge in [-0.3, -0.25) is 19.2 Å². The highest BCUT2D eigenvalue weighted by atomic mass is 16.3. The minimum absolute atomic E-state index is 0.168. The van der Waals surface area contributed by atoms with Crippen LogP contribution in [0, 0.1) is 6.92 Å². The second-order valence-corrected chi connectivity index (χ2v) is 4.91. The second kappa shape index (κ2) is 4.97. The summed E-state index contributed by atoms with van der Waals surface area (Å²) < 4.78 is 1.24. The monoisotopic (exact) mass is 253 g/mol. The lowest BCUT2D eigenvalue weighted by molar-refractivity contribution is 0.225. The van der Waals surface area contributed by atoms with E-state index in [0.29, 0.717) is 6.54 Å². The highest BCUT2D eigenvalue weighted by Gasteiger charge is 2.20. The van der Waals surface area contributed by atoms with Gasteiger partial charge in [0, 0.05) is 12.6 Å². The number of hydrogen-bond donors (Lipinski definition) is 2. The number of nitrogens with zero attached hydrogens (tertiary/aromatic N) is 2. The van der Waals surface area contributed by atoms with Gasteiger partial charge in [-0.05, 0) is 39.8 Å². The molecule has 100 valence electrons. The number of aromatic hydroxyl groups is 1. The van der Waals surface area contributed by atoms with Gasteiger partial charge >= 0.3 is 5.69 Å². The van der Waals surface area contributed by atoms with Crippen molar-refractivity contribution < 1.29 is 5.11 Å². The van der Waals surface area contributed by atoms with E-state index in [1.807, 2.05) is 6.92 Å². The fraction of sp³-hybridized carbons (Fsp3) is 0.667. The number of aromatic amines is 1. The molecule has 0 amide bonds. The van der Waals surface area contributed by atoms with Crippen molar-refractivity contribution >= 4 is 0 Å². The molecule has 18 heavy (non-hydrogen) atoms. The normalized spacial score (nSPS) is 18.1.